The maximum absolute atomic E-state index is 13.4. The van der Waals surface area contributed by atoms with Crippen molar-refractivity contribution in [1.82, 2.24) is 0 Å². The van der Waals surface area contributed by atoms with Gasteiger partial charge < -0.3 is 14.4 Å². The minimum absolute atomic E-state index is 0.0115. The van der Waals surface area contributed by atoms with E-state index >= 15 is 0 Å². The van der Waals surface area contributed by atoms with Crippen molar-refractivity contribution in [3.05, 3.63) is 89.2 Å². The van der Waals surface area contributed by atoms with Crippen LogP contribution in [0.5, 0.6) is 11.5 Å². The van der Waals surface area contributed by atoms with Crippen LogP contribution < -0.4 is 14.4 Å². The molecule has 1 aliphatic rings. The number of carbonyl (C=O) groups is 1. The highest BCUT2D eigenvalue weighted by Gasteiger charge is 2.31. The van der Waals surface area contributed by atoms with Crippen LogP contribution in [-0.2, 0) is 11.4 Å². The third-order valence-corrected chi connectivity index (χ3v) is 5.27. The highest BCUT2D eigenvalue weighted by atomic mass is 19.1. The van der Waals surface area contributed by atoms with E-state index in [4.69, 9.17) is 9.47 Å². The molecule has 0 bridgehead atoms. The molecule has 164 valence electrons. The van der Waals surface area contributed by atoms with E-state index in [9.17, 15) is 9.18 Å². The second kappa shape index (κ2) is 9.69. The monoisotopic (exact) mass is 431 g/mol. The van der Waals surface area contributed by atoms with Crippen LogP contribution in [-0.4, -0.2) is 19.1 Å². The molecule has 0 N–H and O–H groups in total. The van der Waals surface area contributed by atoms with Gasteiger partial charge >= 0.3 is 0 Å². The number of fused-ring (bicyclic) bond motifs is 1. The summed E-state index contributed by atoms with van der Waals surface area (Å²) in [6.07, 6.45) is 2.79. The lowest BCUT2D eigenvalue weighted by atomic mass is 10.0. The maximum atomic E-state index is 13.4. The summed E-state index contributed by atoms with van der Waals surface area (Å²) in [5.74, 6) is 0.876. The molecule has 0 unspecified atom stereocenters. The fourth-order valence-electron chi connectivity index (χ4n) is 3.85. The van der Waals surface area contributed by atoms with Crippen LogP contribution >= 0.6 is 0 Å². The van der Waals surface area contributed by atoms with Gasteiger partial charge in [-0.2, -0.15) is 0 Å². The maximum Gasteiger partial charge on any atom is 0.258 e. The van der Waals surface area contributed by atoms with Crippen molar-refractivity contribution < 1.29 is 18.7 Å². The van der Waals surface area contributed by atoms with Crippen LogP contribution in [0.15, 0.2) is 66.7 Å². The van der Waals surface area contributed by atoms with Gasteiger partial charge in [0.1, 0.15) is 12.4 Å². The first-order chi connectivity index (χ1) is 15.6. The van der Waals surface area contributed by atoms with Gasteiger partial charge in [0.05, 0.1) is 12.3 Å². The first-order valence-corrected chi connectivity index (χ1v) is 10.9. The lowest BCUT2D eigenvalue weighted by molar-refractivity contribution is -0.113. The molecular weight excluding hydrogens is 405 g/mol. The first kappa shape index (κ1) is 21.6. The average Bonchev–Trinajstić information content (AvgIpc) is 3.05. The third kappa shape index (κ3) is 4.52. The van der Waals surface area contributed by atoms with Crippen molar-refractivity contribution in [2.75, 3.05) is 18.1 Å². The van der Waals surface area contributed by atoms with Gasteiger partial charge in [-0.05, 0) is 60.9 Å². The normalized spacial score (nSPS) is 14.0. The molecule has 0 aromatic heterocycles. The van der Waals surface area contributed by atoms with Crippen molar-refractivity contribution in [2.45, 2.75) is 26.9 Å². The molecule has 1 aliphatic heterocycles. The van der Waals surface area contributed by atoms with Gasteiger partial charge in [-0.15, -0.1) is 0 Å². The Morgan fingerprint density at radius 3 is 2.56 bits per heavy atom. The summed E-state index contributed by atoms with van der Waals surface area (Å²) in [6, 6.07) is 19.8. The molecule has 1 amide bonds. The summed E-state index contributed by atoms with van der Waals surface area (Å²) >= 11 is 0. The minimum atomic E-state index is -0.295. The Labute approximate surface area is 187 Å². The summed E-state index contributed by atoms with van der Waals surface area (Å²) in [4.78, 5) is 14.9. The fraction of sp³-hybridized carbons (Fsp3) is 0.222. The standard InChI is InChI=1S/C27H26FNO3/c1-3-14-29-24-11-6-5-10-22(24)23(27(29)30)16-19-12-13-25(26(17-19)31-4-2)32-18-20-8-7-9-21(28)15-20/h5-13,15-17H,3-4,14,18H2,1-2H3/b23-16-. The van der Waals surface area contributed by atoms with E-state index in [2.05, 4.69) is 6.92 Å². The Bertz CT molecular complexity index is 1160. The Balaban J connectivity index is 1.62. The van der Waals surface area contributed by atoms with E-state index in [0.717, 1.165) is 28.8 Å². The summed E-state index contributed by atoms with van der Waals surface area (Å²) in [6.45, 7) is 5.36. The number of amides is 1. The SMILES string of the molecule is CCCN1C(=O)/C(=C\c2ccc(OCc3cccc(F)c3)c(OCC)c2)c2ccccc21. The number of carbonyl (C=O) groups excluding carboxylic acids is 1. The van der Waals surface area contributed by atoms with E-state index in [1.807, 2.05) is 66.4 Å². The van der Waals surface area contributed by atoms with E-state index in [-0.39, 0.29) is 18.3 Å². The summed E-state index contributed by atoms with van der Waals surface area (Å²) < 4.78 is 25.1. The number of benzene rings is 3. The molecular formula is C27H26FNO3. The molecule has 0 aliphatic carbocycles. The van der Waals surface area contributed by atoms with E-state index in [1.54, 1.807) is 6.07 Å². The van der Waals surface area contributed by atoms with Crippen molar-refractivity contribution in [2.24, 2.45) is 0 Å². The average molecular weight is 432 g/mol. The summed E-state index contributed by atoms with van der Waals surface area (Å²) in [7, 11) is 0. The second-order valence-electron chi connectivity index (χ2n) is 7.59. The highest BCUT2D eigenvalue weighted by molar-refractivity contribution is 6.35. The zero-order chi connectivity index (χ0) is 22.5. The number of halogens is 1. The Kier molecular flexibility index (Phi) is 6.55. The zero-order valence-electron chi connectivity index (χ0n) is 18.3. The Morgan fingerprint density at radius 2 is 1.78 bits per heavy atom. The summed E-state index contributed by atoms with van der Waals surface area (Å²) in [5.41, 5.74) is 4.15. The smallest absolute Gasteiger partial charge is 0.258 e. The van der Waals surface area contributed by atoms with Crippen LogP contribution in [0.4, 0.5) is 10.1 Å². The molecule has 4 nitrogen and oxygen atoms in total. The highest BCUT2D eigenvalue weighted by Crippen LogP contribution is 2.38. The van der Waals surface area contributed by atoms with Gasteiger partial charge in [0.15, 0.2) is 11.5 Å². The van der Waals surface area contributed by atoms with Gasteiger partial charge in [0, 0.05) is 17.7 Å². The molecule has 0 fully saturated rings. The molecule has 4 rings (SSSR count). The van der Waals surface area contributed by atoms with E-state index in [0.29, 0.717) is 30.2 Å². The molecule has 3 aromatic carbocycles. The second-order valence-corrected chi connectivity index (χ2v) is 7.59. The van der Waals surface area contributed by atoms with Crippen molar-refractivity contribution >= 4 is 23.2 Å². The molecule has 0 saturated heterocycles. The van der Waals surface area contributed by atoms with Gasteiger partial charge in [-0.3, -0.25) is 4.79 Å². The number of anilines is 1. The van der Waals surface area contributed by atoms with E-state index < -0.39 is 0 Å². The quantitative estimate of drug-likeness (QED) is 0.405. The molecule has 0 saturated carbocycles. The van der Waals surface area contributed by atoms with Gasteiger partial charge in [-0.25, -0.2) is 4.39 Å². The largest absolute Gasteiger partial charge is 0.490 e. The molecule has 5 heteroatoms. The Hall–Kier alpha value is -3.60. The number of para-hydroxylation sites is 1. The molecule has 1 heterocycles. The zero-order valence-corrected chi connectivity index (χ0v) is 18.3. The van der Waals surface area contributed by atoms with Crippen molar-refractivity contribution in [1.29, 1.82) is 0 Å². The number of nitrogens with zero attached hydrogens (tertiary/aromatic N) is 1. The predicted molar refractivity (Wildman–Crippen MR) is 125 cm³/mol. The summed E-state index contributed by atoms with van der Waals surface area (Å²) in [5, 5.41) is 0. The molecule has 0 spiro atoms. The van der Waals surface area contributed by atoms with Crippen LogP contribution in [0.3, 0.4) is 0 Å². The van der Waals surface area contributed by atoms with Crippen molar-refractivity contribution in [3.8, 4) is 11.5 Å². The molecule has 3 aromatic rings. The number of hydrogen-bond acceptors (Lipinski definition) is 3. The van der Waals surface area contributed by atoms with Crippen LogP contribution in [0, 0.1) is 5.82 Å². The third-order valence-electron chi connectivity index (χ3n) is 5.27. The number of hydrogen-bond donors (Lipinski definition) is 0. The Morgan fingerprint density at radius 1 is 0.938 bits per heavy atom. The number of ether oxygens (including phenoxy) is 2. The van der Waals surface area contributed by atoms with Crippen LogP contribution in [0.25, 0.3) is 11.6 Å². The fourth-order valence-corrected chi connectivity index (χ4v) is 3.85. The van der Waals surface area contributed by atoms with Crippen LogP contribution in [0.2, 0.25) is 0 Å². The number of rotatable bonds is 8. The predicted octanol–water partition coefficient (Wildman–Crippen LogP) is 6.10. The topological polar surface area (TPSA) is 38.8 Å². The van der Waals surface area contributed by atoms with Crippen molar-refractivity contribution in [3.63, 3.8) is 0 Å². The van der Waals surface area contributed by atoms with Gasteiger partial charge in [-0.1, -0.05) is 43.3 Å². The minimum Gasteiger partial charge on any atom is -0.490 e. The van der Waals surface area contributed by atoms with Gasteiger partial charge in [0.2, 0.25) is 0 Å². The van der Waals surface area contributed by atoms with Gasteiger partial charge in [0.25, 0.3) is 5.91 Å². The van der Waals surface area contributed by atoms with Crippen LogP contribution in [0.1, 0.15) is 37.0 Å². The molecule has 0 radical (unpaired) electrons. The van der Waals surface area contributed by atoms with E-state index in [1.165, 1.54) is 12.1 Å². The lowest BCUT2D eigenvalue weighted by Gasteiger charge is -2.15. The molecule has 0 atom stereocenters. The lowest BCUT2D eigenvalue weighted by Crippen LogP contribution is -2.26. The molecule has 32 heavy (non-hydrogen) atoms. The first-order valence-electron chi connectivity index (χ1n) is 10.9.